The van der Waals surface area contributed by atoms with E-state index in [1.165, 1.54) is 45.8 Å². The molecule has 0 saturated heterocycles. The van der Waals surface area contributed by atoms with Gasteiger partial charge in [-0.05, 0) is 49.7 Å². The van der Waals surface area contributed by atoms with Crippen molar-refractivity contribution in [1.82, 2.24) is 18.7 Å². The minimum absolute atomic E-state index is 0.0301. The SMILES string of the molecule is CC(C)n1c(=O)c2c(ncn2Cc2ccc(F)c(F)c2)n(-c2cccc(F)c2)c1=O. The monoisotopic (exact) mass is 414 g/mol. The molecule has 30 heavy (non-hydrogen) atoms. The second-order valence-corrected chi connectivity index (χ2v) is 7.16. The Kier molecular flexibility index (Phi) is 4.81. The quantitative estimate of drug-likeness (QED) is 0.514. The highest BCUT2D eigenvalue weighted by molar-refractivity contribution is 5.72. The molecule has 0 atom stereocenters. The molecule has 0 aliphatic carbocycles. The molecule has 4 rings (SSSR count). The van der Waals surface area contributed by atoms with E-state index in [1.54, 1.807) is 13.8 Å². The molecule has 6 nitrogen and oxygen atoms in total. The van der Waals surface area contributed by atoms with Crippen LogP contribution in [-0.2, 0) is 6.54 Å². The molecule has 9 heteroatoms. The summed E-state index contributed by atoms with van der Waals surface area (Å²) in [6, 6.07) is 8.36. The van der Waals surface area contributed by atoms with Gasteiger partial charge in [-0.1, -0.05) is 12.1 Å². The van der Waals surface area contributed by atoms with Gasteiger partial charge in [-0.3, -0.25) is 9.36 Å². The summed E-state index contributed by atoms with van der Waals surface area (Å²) in [5.74, 6) is -2.53. The Labute approximate surface area is 168 Å². The lowest BCUT2D eigenvalue weighted by atomic mass is 10.2. The standard InChI is InChI=1S/C21H17F3N4O2/c1-12(2)27-20(29)18-19(28(21(27)30)15-5-3-4-14(22)9-15)25-11-26(18)10-13-6-7-16(23)17(24)8-13/h3-9,11-12H,10H2,1-2H3. The van der Waals surface area contributed by atoms with Crippen molar-refractivity contribution >= 4 is 11.2 Å². The molecule has 0 bridgehead atoms. The van der Waals surface area contributed by atoms with Gasteiger partial charge in [-0.15, -0.1) is 0 Å². The van der Waals surface area contributed by atoms with Gasteiger partial charge in [-0.2, -0.15) is 0 Å². The van der Waals surface area contributed by atoms with Crippen LogP contribution in [0.3, 0.4) is 0 Å². The van der Waals surface area contributed by atoms with Gasteiger partial charge in [0, 0.05) is 12.6 Å². The lowest BCUT2D eigenvalue weighted by Crippen LogP contribution is -2.41. The second-order valence-electron chi connectivity index (χ2n) is 7.16. The minimum Gasteiger partial charge on any atom is -0.320 e. The number of aromatic nitrogens is 4. The number of benzene rings is 2. The van der Waals surface area contributed by atoms with Gasteiger partial charge >= 0.3 is 5.69 Å². The molecule has 2 heterocycles. The highest BCUT2D eigenvalue weighted by Crippen LogP contribution is 2.17. The van der Waals surface area contributed by atoms with E-state index in [-0.39, 0.29) is 23.4 Å². The Morgan fingerprint density at radius 1 is 1.00 bits per heavy atom. The highest BCUT2D eigenvalue weighted by atomic mass is 19.2. The van der Waals surface area contributed by atoms with Crippen molar-refractivity contribution in [3.8, 4) is 5.69 Å². The molecule has 0 amide bonds. The first-order chi connectivity index (χ1) is 14.3. The number of fused-ring (bicyclic) bond motifs is 1. The molecule has 0 aliphatic rings. The molecule has 154 valence electrons. The van der Waals surface area contributed by atoms with Gasteiger partial charge in [0.15, 0.2) is 22.8 Å². The lowest BCUT2D eigenvalue weighted by Gasteiger charge is -2.15. The Morgan fingerprint density at radius 2 is 1.77 bits per heavy atom. The average Bonchev–Trinajstić information content (AvgIpc) is 3.08. The van der Waals surface area contributed by atoms with Crippen LogP contribution in [0.25, 0.3) is 16.9 Å². The van der Waals surface area contributed by atoms with Crippen molar-refractivity contribution in [3.05, 3.63) is 92.6 Å². The third-order valence-electron chi connectivity index (χ3n) is 4.77. The van der Waals surface area contributed by atoms with Crippen molar-refractivity contribution < 1.29 is 13.2 Å². The highest BCUT2D eigenvalue weighted by Gasteiger charge is 2.21. The van der Waals surface area contributed by atoms with Gasteiger partial charge in [0.1, 0.15) is 5.82 Å². The fourth-order valence-electron chi connectivity index (χ4n) is 3.41. The fourth-order valence-corrected chi connectivity index (χ4v) is 3.41. The normalized spacial score (nSPS) is 11.5. The summed E-state index contributed by atoms with van der Waals surface area (Å²) < 4.78 is 44.3. The topological polar surface area (TPSA) is 61.8 Å². The molecule has 2 aromatic carbocycles. The van der Waals surface area contributed by atoms with Crippen LogP contribution >= 0.6 is 0 Å². The Hall–Kier alpha value is -3.62. The third-order valence-corrected chi connectivity index (χ3v) is 4.77. The maximum absolute atomic E-state index is 13.8. The van der Waals surface area contributed by atoms with Gasteiger partial charge in [0.2, 0.25) is 0 Å². The maximum atomic E-state index is 13.8. The van der Waals surface area contributed by atoms with E-state index in [9.17, 15) is 22.8 Å². The van der Waals surface area contributed by atoms with Crippen LogP contribution in [-0.4, -0.2) is 18.7 Å². The Bertz CT molecular complexity index is 1390. The first-order valence-corrected chi connectivity index (χ1v) is 9.20. The van der Waals surface area contributed by atoms with E-state index in [4.69, 9.17) is 0 Å². The van der Waals surface area contributed by atoms with E-state index >= 15 is 0 Å². The van der Waals surface area contributed by atoms with Crippen LogP contribution < -0.4 is 11.2 Å². The molecule has 4 aromatic rings. The number of nitrogens with zero attached hydrogens (tertiary/aromatic N) is 4. The van der Waals surface area contributed by atoms with Gasteiger partial charge in [0.05, 0.1) is 12.0 Å². The van der Waals surface area contributed by atoms with Crippen LogP contribution in [0, 0.1) is 17.5 Å². The minimum atomic E-state index is -1.01. The Morgan fingerprint density at radius 3 is 2.43 bits per heavy atom. The summed E-state index contributed by atoms with van der Waals surface area (Å²) >= 11 is 0. The Balaban J connectivity index is 2.00. The van der Waals surface area contributed by atoms with Crippen LogP contribution in [0.5, 0.6) is 0 Å². The number of imidazole rings is 1. The van der Waals surface area contributed by atoms with E-state index in [2.05, 4.69) is 4.98 Å². The van der Waals surface area contributed by atoms with Crippen LogP contribution in [0.4, 0.5) is 13.2 Å². The van der Waals surface area contributed by atoms with Crippen molar-refractivity contribution in [1.29, 1.82) is 0 Å². The smallest absolute Gasteiger partial charge is 0.320 e. The average molecular weight is 414 g/mol. The number of hydrogen-bond acceptors (Lipinski definition) is 3. The van der Waals surface area contributed by atoms with Crippen molar-refractivity contribution in [2.45, 2.75) is 26.4 Å². The number of hydrogen-bond donors (Lipinski definition) is 0. The summed E-state index contributed by atoms with van der Waals surface area (Å²) in [6.45, 7) is 3.39. The predicted molar refractivity (Wildman–Crippen MR) is 105 cm³/mol. The summed E-state index contributed by atoms with van der Waals surface area (Å²) in [7, 11) is 0. The zero-order valence-corrected chi connectivity index (χ0v) is 16.1. The first-order valence-electron chi connectivity index (χ1n) is 9.20. The summed E-state index contributed by atoms with van der Waals surface area (Å²) in [4.78, 5) is 30.4. The molecule has 0 N–H and O–H groups in total. The van der Waals surface area contributed by atoms with Crippen molar-refractivity contribution in [2.75, 3.05) is 0 Å². The van der Waals surface area contributed by atoms with Crippen LogP contribution in [0.2, 0.25) is 0 Å². The molecular formula is C21H17F3N4O2. The van der Waals surface area contributed by atoms with Gasteiger partial charge in [-0.25, -0.2) is 27.5 Å². The molecular weight excluding hydrogens is 397 g/mol. The molecule has 0 radical (unpaired) electrons. The first kappa shape index (κ1) is 19.7. The number of rotatable bonds is 4. The zero-order valence-electron chi connectivity index (χ0n) is 16.1. The molecule has 0 spiro atoms. The molecule has 0 fully saturated rings. The number of halogens is 3. The van der Waals surface area contributed by atoms with Crippen molar-refractivity contribution in [3.63, 3.8) is 0 Å². The lowest BCUT2D eigenvalue weighted by molar-refractivity contribution is 0.506. The second kappa shape index (κ2) is 7.33. The third kappa shape index (κ3) is 3.22. The summed E-state index contributed by atoms with van der Waals surface area (Å²) in [5, 5.41) is 0. The van der Waals surface area contributed by atoms with Crippen molar-refractivity contribution in [2.24, 2.45) is 0 Å². The molecule has 0 saturated carbocycles. The largest absolute Gasteiger partial charge is 0.337 e. The summed E-state index contributed by atoms with van der Waals surface area (Å²) in [5.41, 5.74) is -0.444. The van der Waals surface area contributed by atoms with Gasteiger partial charge in [0.25, 0.3) is 5.56 Å². The fraction of sp³-hybridized carbons (Fsp3) is 0.190. The summed E-state index contributed by atoms with van der Waals surface area (Å²) in [6.07, 6.45) is 1.34. The molecule has 0 aliphatic heterocycles. The molecule has 2 aromatic heterocycles. The van der Waals surface area contributed by atoms with Crippen LogP contribution in [0.15, 0.2) is 58.4 Å². The van der Waals surface area contributed by atoms with E-state index < -0.39 is 34.7 Å². The van der Waals surface area contributed by atoms with E-state index in [0.717, 1.165) is 16.7 Å². The van der Waals surface area contributed by atoms with Crippen LogP contribution in [0.1, 0.15) is 25.5 Å². The maximum Gasteiger partial charge on any atom is 0.337 e. The molecule has 0 unspecified atom stereocenters. The van der Waals surface area contributed by atoms with E-state index in [0.29, 0.717) is 5.56 Å². The van der Waals surface area contributed by atoms with E-state index in [1.807, 2.05) is 0 Å². The van der Waals surface area contributed by atoms with Gasteiger partial charge < -0.3 is 4.57 Å². The zero-order chi connectivity index (χ0) is 21.6. The predicted octanol–water partition coefficient (Wildman–Crippen LogP) is 3.40.